The largest absolute Gasteiger partial charge is 0.482 e. The first-order valence-electron chi connectivity index (χ1n) is 17.6. The van der Waals surface area contributed by atoms with Crippen molar-refractivity contribution in [3.63, 3.8) is 0 Å². The van der Waals surface area contributed by atoms with Gasteiger partial charge in [-0.05, 0) is 67.6 Å². The van der Waals surface area contributed by atoms with Gasteiger partial charge >= 0.3 is 0 Å². The van der Waals surface area contributed by atoms with E-state index >= 15 is 0 Å². The molecule has 0 radical (unpaired) electrons. The molecule has 5 aliphatic rings. The smallest absolute Gasteiger partial charge is 0.265 e. The fourth-order valence-corrected chi connectivity index (χ4v) is 9.03. The van der Waals surface area contributed by atoms with E-state index in [1.54, 1.807) is 4.90 Å². The second kappa shape index (κ2) is 12.6. The number of benzene rings is 1. The molecule has 5 heterocycles. The number of fused-ring (bicyclic) bond motifs is 3. The van der Waals surface area contributed by atoms with Crippen molar-refractivity contribution in [2.24, 2.45) is 23.5 Å². The number of halogens is 1. The fourth-order valence-electron chi connectivity index (χ4n) is 8.93. The molecule has 12 nitrogen and oxygen atoms in total. The van der Waals surface area contributed by atoms with Gasteiger partial charge in [-0.1, -0.05) is 38.4 Å². The van der Waals surface area contributed by atoms with Crippen LogP contribution in [0.5, 0.6) is 5.75 Å². The third-order valence-corrected chi connectivity index (χ3v) is 11.5. The van der Waals surface area contributed by atoms with Crippen LogP contribution in [0.15, 0.2) is 36.8 Å². The molecule has 13 heteroatoms. The minimum Gasteiger partial charge on any atom is -0.482 e. The van der Waals surface area contributed by atoms with Gasteiger partial charge in [-0.25, -0.2) is 19.6 Å². The lowest BCUT2D eigenvalue weighted by Gasteiger charge is -2.42. The van der Waals surface area contributed by atoms with Crippen molar-refractivity contribution in [1.29, 1.82) is 0 Å². The number of hydrogen-bond acceptors (Lipinski definition) is 9. The van der Waals surface area contributed by atoms with E-state index in [4.69, 9.17) is 36.9 Å². The van der Waals surface area contributed by atoms with Gasteiger partial charge in [0, 0.05) is 49.6 Å². The van der Waals surface area contributed by atoms with Crippen LogP contribution < -0.4 is 15.4 Å². The molecule has 3 atom stereocenters. The Morgan fingerprint density at radius 3 is 2.62 bits per heavy atom. The van der Waals surface area contributed by atoms with Gasteiger partial charge in [0.05, 0.1) is 46.4 Å². The molecule has 1 unspecified atom stereocenters. The molecule has 1 saturated heterocycles. The number of pyridine rings is 1. The lowest BCUT2D eigenvalue weighted by atomic mass is 9.79. The summed E-state index contributed by atoms with van der Waals surface area (Å²) in [5.41, 5.74) is 10.1. The number of amides is 2. The number of hydrogen-bond donors (Lipinski definition) is 1. The lowest BCUT2D eigenvalue weighted by Crippen LogP contribution is -2.46. The first kappa shape index (κ1) is 33.0. The molecule has 3 aromatic heterocycles. The van der Waals surface area contributed by atoms with E-state index in [2.05, 4.69) is 40.3 Å². The number of nitrogens with zero attached hydrogens (tertiary/aromatic N) is 7. The van der Waals surface area contributed by atoms with E-state index in [9.17, 15) is 9.59 Å². The van der Waals surface area contributed by atoms with Crippen molar-refractivity contribution < 1.29 is 19.1 Å². The molecule has 3 aliphatic carbocycles. The SMILES string of the molecule is COC12CC(C1)C(N1CC[C@H](n3ncc4c(-c5ccc6c(c5)OCC(=O)N6Cc5ncc(Cl)cn5)c(C(N)=O)c(CC(C)C)nc43)[C@H](C)C1)C2. The molecular weight excluding hydrogens is 656 g/mol. The molecule has 4 fully saturated rings. The van der Waals surface area contributed by atoms with Gasteiger partial charge in [-0.15, -0.1) is 0 Å². The van der Waals surface area contributed by atoms with Gasteiger partial charge in [0.1, 0.15) is 11.6 Å². The molecule has 2 aliphatic heterocycles. The average molecular weight is 699 g/mol. The summed E-state index contributed by atoms with van der Waals surface area (Å²) in [6, 6.07) is 6.35. The van der Waals surface area contributed by atoms with Crippen LogP contribution in [0.1, 0.15) is 74.4 Å². The Kier molecular flexibility index (Phi) is 8.31. The van der Waals surface area contributed by atoms with Crippen LogP contribution in [0.4, 0.5) is 5.69 Å². The summed E-state index contributed by atoms with van der Waals surface area (Å²) < 4.78 is 14.0. The Bertz CT molecular complexity index is 1970. The third kappa shape index (κ3) is 5.61. The summed E-state index contributed by atoms with van der Waals surface area (Å²) >= 11 is 5.98. The predicted molar refractivity (Wildman–Crippen MR) is 189 cm³/mol. The number of primary amides is 1. The highest BCUT2D eigenvalue weighted by Gasteiger charge is 2.58. The molecule has 0 spiro atoms. The van der Waals surface area contributed by atoms with Gasteiger partial charge in [0.25, 0.3) is 11.8 Å². The van der Waals surface area contributed by atoms with Crippen LogP contribution in [0.3, 0.4) is 0 Å². The minimum absolute atomic E-state index is 0.0968. The number of rotatable bonds is 9. The van der Waals surface area contributed by atoms with Crippen LogP contribution in [-0.2, 0) is 22.5 Å². The van der Waals surface area contributed by atoms with E-state index in [1.165, 1.54) is 25.2 Å². The maximum atomic E-state index is 13.3. The summed E-state index contributed by atoms with van der Waals surface area (Å²) in [6.45, 7) is 8.54. The van der Waals surface area contributed by atoms with Gasteiger partial charge in [-0.2, -0.15) is 5.10 Å². The Hall–Kier alpha value is -4.13. The van der Waals surface area contributed by atoms with Crippen LogP contribution >= 0.6 is 11.6 Å². The fraction of sp³-hybridized carbons (Fsp3) is 0.514. The van der Waals surface area contributed by atoms with Crippen molar-refractivity contribution in [2.45, 2.75) is 77.1 Å². The number of likely N-dealkylation sites (tertiary alicyclic amines) is 1. The Morgan fingerprint density at radius 1 is 1.16 bits per heavy atom. The van der Waals surface area contributed by atoms with E-state index < -0.39 is 5.91 Å². The molecule has 1 aromatic carbocycles. The number of carbonyl (C=O) groups is 2. The molecule has 2 N–H and O–H groups in total. The van der Waals surface area contributed by atoms with Crippen molar-refractivity contribution >= 4 is 40.1 Å². The van der Waals surface area contributed by atoms with E-state index in [-0.39, 0.29) is 36.6 Å². The number of piperidine rings is 1. The van der Waals surface area contributed by atoms with Crippen molar-refractivity contribution in [1.82, 2.24) is 29.6 Å². The highest BCUT2D eigenvalue weighted by Crippen LogP contribution is 2.56. The zero-order valence-electron chi connectivity index (χ0n) is 28.9. The number of ether oxygens (including phenoxy) is 2. The molecule has 2 bridgehead atoms. The Labute approximate surface area is 296 Å². The van der Waals surface area contributed by atoms with Gasteiger partial charge < -0.3 is 15.2 Å². The molecule has 9 rings (SSSR count). The first-order valence-corrected chi connectivity index (χ1v) is 17.9. The molecular formula is C37H43ClN8O4. The van der Waals surface area contributed by atoms with E-state index in [0.29, 0.717) is 57.5 Å². The number of aromatic nitrogens is 5. The number of nitrogens with two attached hydrogens (primary N) is 1. The van der Waals surface area contributed by atoms with Crippen molar-refractivity contribution in [3.05, 3.63) is 58.9 Å². The van der Waals surface area contributed by atoms with Crippen LogP contribution in [0.25, 0.3) is 22.2 Å². The lowest BCUT2D eigenvalue weighted by molar-refractivity contribution is -0.121. The molecule has 262 valence electrons. The topological polar surface area (TPSA) is 142 Å². The van der Waals surface area contributed by atoms with Crippen LogP contribution in [0.2, 0.25) is 5.02 Å². The quantitative estimate of drug-likeness (QED) is 0.249. The van der Waals surface area contributed by atoms with Crippen LogP contribution in [-0.4, -0.2) is 79.9 Å². The number of methoxy groups -OCH3 is 1. The monoisotopic (exact) mass is 698 g/mol. The summed E-state index contributed by atoms with van der Waals surface area (Å²) in [7, 11) is 1.86. The molecule has 3 saturated carbocycles. The number of anilines is 1. The predicted octanol–water partition coefficient (Wildman–Crippen LogP) is 5.22. The highest BCUT2D eigenvalue weighted by atomic mass is 35.5. The van der Waals surface area contributed by atoms with Crippen molar-refractivity contribution in [2.75, 3.05) is 31.7 Å². The Balaban J connectivity index is 1.16. The van der Waals surface area contributed by atoms with E-state index in [0.717, 1.165) is 48.4 Å². The second-order valence-corrected chi connectivity index (χ2v) is 15.5. The molecule has 2 amide bonds. The third-order valence-electron chi connectivity index (χ3n) is 11.3. The van der Waals surface area contributed by atoms with Crippen molar-refractivity contribution in [3.8, 4) is 16.9 Å². The Morgan fingerprint density at radius 2 is 1.94 bits per heavy atom. The second-order valence-electron chi connectivity index (χ2n) is 15.0. The maximum Gasteiger partial charge on any atom is 0.265 e. The van der Waals surface area contributed by atoms with E-state index in [1.807, 2.05) is 31.5 Å². The highest BCUT2D eigenvalue weighted by molar-refractivity contribution is 6.30. The zero-order chi connectivity index (χ0) is 34.9. The van der Waals surface area contributed by atoms with Gasteiger partial charge in [-0.3, -0.25) is 19.4 Å². The van der Waals surface area contributed by atoms with Crippen LogP contribution in [0, 0.1) is 17.8 Å². The standard InChI is InChI=1S/C37H43ClN8O4/c1-20(2)9-26-34(35(39)48)33(22-5-6-28-30(10-22)50-19-32(47)45(28)18-31-40-14-24(38)15-41-31)25-16-42-46(36(25)43-26)27-7-8-44(17-21(27)3)29-13-37(49-4)11-23(29)12-37/h5-6,10,14-16,20-21,23,27,29H,7-9,11-13,17-19H2,1-4H3,(H2,39,48)/t21-,23?,27+,29?,37?/m1/s1. The molecule has 4 aromatic rings. The summed E-state index contributed by atoms with van der Waals surface area (Å²) in [4.78, 5) is 44.3. The minimum atomic E-state index is -0.543. The summed E-state index contributed by atoms with van der Waals surface area (Å²) in [5.74, 6) is 1.53. The molecule has 50 heavy (non-hydrogen) atoms. The normalized spacial score (nSPS) is 26.3. The summed E-state index contributed by atoms with van der Waals surface area (Å²) in [5, 5.41) is 6.15. The first-order chi connectivity index (χ1) is 24.0. The van der Waals surface area contributed by atoms with Gasteiger partial charge in [0.2, 0.25) is 0 Å². The number of carbonyl (C=O) groups excluding carboxylic acids is 2. The maximum absolute atomic E-state index is 13.3. The zero-order valence-corrected chi connectivity index (χ0v) is 29.7. The summed E-state index contributed by atoms with van der Waals surface area (Å²) in [6.07, 6.45) is 9.86. The van der Waals surface area contributed by atoms with Gasteiger partial charge in [0.15, 0.2) is 12.3 Å². The average Bonchev–Trinajstić information content (AvgIpc) is 3.78.